The van der Waals surface area contributed by atoms with Gasteiger partial charge >= 0.3 is 5.97 Å². The Morgan fingerprint density at radius 3 is 2.23 bits per heavy atom. The molecule has 0 aromatic heterocycles. The summed E-state index contributed by atoms with van der Waals surface area (Å²) >= 11 is 0. The summed E-state index contributed by atoms with van der Waals surface area (Å²) in [5.41, 5.74) is 5.10. The number of hydrogen-bond acceptors (Lipinski definition) is 6. The van der Waals surface area contributed by atoms with Crippen LogP contribution in [0.25, 0.3) is 0 Å². The van der Waals surface area contributed by atoms with Crippen molar-refractivity contribution in [3.8, 4) is 11.5 Å². The minimum atomic E-state index is -1.13. The molecule has 0 aliphatic rings. The van der Waals surface area contributed by atoms with Crippen molar-refractivity contribution < 1.29 is 28.6 Å². The monoisotopic (exact) mass is 414 g/mol. The number of methoxy groups -OCH3 is 1. The Hall–Kier alpha value is -3.55. The molecule has 0 bridgehead atoms. The molecule has 0 radical (unpaired) electrons. The number of benzene rings is 2. The van der Waals surface area contributed by atoms with E-state index in [9.17, 15) is 14.4 Å². The normalized spacial score (nSPS) is 11.4. The first-order valence-corrected chi connectivity index (χ1v) is 9.49. The maximum absolute atomic E-state index is 12.4. The van der Waals surface area contributed by atoms with Gasteiger partial charge in [-0.05, 0) is 43.2 Å². The number of ether oxygens (including phenoxy) is 3. The Balaban J connectivity index is 1.92. The van der Waals surface area contributed by atoms with Crippen LogP contribution in [0.2, 0.25) is 0 Å². The van der Waals surface area contributed by atoms with Crippen molar-refractivity contribution in [2.24, 2.45) is 5.92 Å². The zero-order valence-electron chi connectivity index (χ0n) is 17.4. The molecule has 8 heteroatoms. The second-order valence-corrected chi connectivity index (χ2v) is 6.93. The summed E-state index contributed by atoms with van der Waals surface area (Å²) in [6.07, 6.45) is -1.13. The molecular formula is C22H26N2O6. The molecule has 0 saturated heterocycles. The van der Waals surface area contributed by atoms with Crippen molar-refractivity contribution in [1.82, 2.24) is 10.9 Å². The zero-order valence-corrected chi connectivity index (χ0v) is 17.4. The van der Waals surface area contributed by atoms with E-state index in [0.29, 0.717) is 29.6 Å². The van der Waals surface area contributed by atoms with Crippen molar-refractivity contribution in [2.45, 2.75) is 26.9 Å². The molecule has 0 fully saturated rings. The molecule has 2 aromatic rings. The predicted octanol–water partition coefficient (Wildman–Crippen LogP) is 2.74. The van der Waals surface area contributed by atoms with Crippen LogP contribution in [0.1, 0.15) is 41.5 Å². The van der Waals surface area contributed by atoms with Crippen LogP contribution in [0.4, 0.5) is 0 Å². The largest absolute Gasteiger partial charge is 0.493 e. The molecule has 0 spiro atoms. The lowest BCUT2D eigenvalue weighted by atomic mass is 10.2. The minimum Gasteiger partial charge on any atom is -0.493 e. The fraction of sp³-hybridized carbons (Fsp3) is 0.318. The van der Waals surface area contributed by atoms with Gasteiger partial charge in [-0.3, -0.25) is 20.4 Å². The summed E-state index contributed by atoms with van der Waals surface area (Å²) in [6.45, 7) is 5.95. The number of carbonyl (C=O) groups is 3. The van der Waals surface area contributed by atoms with Crippen LogP contribution in [-0.2, 0) is 9.53 Å². The van der Waals surface area contributed by atoms with Crippen LogP contribution >= 0.6 is 0 Å². The number of rotatable bonds is 8. The standard InChI is InChI=1S/C22H26N2O6/c1-14(2)13-29-18-11-10-17(12-19(18)28-4)22(27)30-15(3)20(25)23-24-21(26)16-8-6-5-7-9-16/h5-12,14-15H,13H2,1-4H3,(H,23,25)(H,24,26)/t15-/m0/s1. The molecule has 30 heavy (non-hydrogen) atoms. The van der Waals surface area contributed by atoms with Crippen LogP contribution in [0.15, 0.2) is 48.5 Å². The molecule has 1 atom stereocenters. The van der Waals surface area contributed by atoms with Gasteiger partial charge < -0.3 is 14.2 Å². The summed E-state index contributed by atoms with van der Waals surface area (Å²) < 4.78 is 16.1. The summed E-state index contributed by atoms with van der Waals surface area (Å²) in [4.78, 5) is 36.5. The highest BCUT2D eigenvalue weighted by Crippen LogP contribution is 2.28. The summed E-state index contributed by atoms with van der Waals surface area (Å²) in [5, 5.41) is 0. The fourth-order valence-corrected chi connectivity index (χ4v) is 2.33. The molecule has 0 aliphatic heterocycles. The molecule has 160 valence electrons. The highest BCUT2D eigenvalue weighted by Gasteiger charge is 2.21. The van der Waals surface area contributed by atoms with Gasteiger partial charge in [-0.2, -0.15) is 0 Å². The third kappa shape index (κ3) is 6.51. The van der Waals surface area contributed by atoms with Gasteiger partial charge in [-0.15, -0.1) is 0 Å². The predicted molar refractivity (Wildman–Crippen MR) is 110 cm³/mol. The second kappa shape index (κ2) is 10.8. The van der Waals surface area contributed by atoms with Crippen molar-refractivity contribution >= 4 is 17.8 Å². The lowest BCUT2D eigenvalue weighted by Crippen LogP contribution is -2.46. The van der Waals surface area contributed by atoms with E-state index >= 15 is 0 Å². The number of nitrogens with one attached hydrogen (secondary N) is 2. The van der Waals surface area contributed by atoms with E-state index < -0.39 is 23.9 Å². The average molecular weight is 414 g/mol. The van der Waals surface area contributed by atoms with E-state index in [1.54, 1.807) is 36.4 Å². The zero-order chi connectivity index (χ0) is 22.1. The number of carbonyl (C=O) groups excluding carboxylic acids is 3. The first-order valence-electron chi connectivity index (χ1n) is 9.49. The van der Waals surface area contributed by atoms with Crippen LogP contribution in [0, 0.1) is 5.92 Å². The Bertz CT molecular complexity index is 882. The third-order valence-electron chi connectivity index (χ3n) is 3.96. The van der Waals surface area contributed by atoms with Gasteiger partial charge in [-0.25, -0.2) is 4.79 Å². The maximum Gasteiger partial charge on any atom is 0.339 e. The van der Waals surface area contributed by atoms with Gasteiger partial charge in [0.25, 0.3) is 11.8 Å². The van der Waals surface area contributed by atoms with Crippen LogP contribution in [-0.4, -0.2) is 37.6 Å². The lowest BCUT2D eigenvalue weighted by molar-refractivity contribution is -0.129. The van der Waals surface area contributed by atoms with E-state index in [1.807, 2.05) is 13.8 Å². The van der Waals surface area contributed by atoms with E-state index in [0.717, 1.165) is 0 Å². The quantitative estimate of drug-likeness (QED) is 0.509. The van der Waals surface area contributed by atoms with Gasteiger partial charge in [0.1, 0.15) is 0 Å². The van der Waals surface area contributed by atoms with E-state index in [2.05, 4.69) is 10.9 Å². The molecular weight excluding hydrogens is 388 g/mol. The first-order chi connectivity index (χ1) is 14.3. The smallest absolute Gasteiger partial charge is 0.339 e. The number of esters is 1. The van der Waals surface area contributed by atoms with Crippen LogP contribution in [0.5, 0.6) is 11.5 Å². The third-order valence-corrected chi connectivity index (χ3v) is 3.96. The Morgan fingerprint density at radius 2 is 1.60 bits per heavy atom. The Morgan fingerprint density at radius 1 is 0.900 bits per heavy atom. The number of hydrogen-bond donors (Lipinski definition) is 2. The van der Waals surface area contributed by atoms with Crippen LogP contribution < -0.4 is 20.3 Å². The van der Waals surface area contributed by atoms with Gasteiger partial charge in [0.2, 0.25) is 0 Å². The molecule has 2 aromatic carbocycles. The molecule has 2 rings (SSSR count). The number of hydrazine groups is 1. The molecule has 2 amide bonds. The molecule has 2 N–H and O–H groups in total. The molecule has 8 nitrogen and oxygen atoms in total. The Labute approximate surface area is 175 Å². The minimum absolute atomic E-state index is 0.205. The van der Waals surface area contributed by atoms with Gasteiger partial charge in [0, 0.05) is 5.56 Å². The van der Waals surface area contributed by atoms with Crippen molar-refractivity contribution in [3.63, 3.8) is 0 Å². The molecule has 0 heterocycles. The fourth-order valence-electron chi connectivity index (χ4n) is 2.33. The first kappa shape index (κ1) is 22.7. The number of amides is 2. The van der Waals surface area contributed by atoms with Crippen molar-refractivity contribution in [2.75, 3.05) is 13.7 Å². The summed E-state index contributed by atoms with van der Waals surface area (Å²) in [6, 6.07) is 13.0. The topological polar surface area (TPSA) is 103 Å². The van der Waals surface area contributed by atoms with Crippen molar-refractivity contribution in [1.29, 1.82) is 0 Å². The SMILES string of the molecule is COc1cc(C(=O)O[C@@H](C)C(=O)NNC(=O)c2ccccc2)ccc1OCC(C)C. The Kier molecular flexibility index (Phi) is 8.22. The van der Waals surface area contributed by atoms with Gasteiger partial charge in [0.15, 0.2) is 17.6 Å². The van der Waals surface area contributed by atoms with E-state index in [1.165, 1.54) is 26.2 Å². The van der Waals surface area contributed by atoms with Crippen molar-refractivity contribution in [3.05, 3.63) is 59.7 Å². The van der Waals surface area contributed by atoms with Gasteiger partial charge in [-0.1, -0.05) is 32.0 Å². The summed E-state index contributed by atoms with van der Waals surface area (Å²) in [7, 11) is 1.47. The molecule has 0 aliphatic carbocycles. The average Bonchev–Trinajstić information content (AvgIpc) is 2.75. The summed E-state index contributed by atoms with van der Waals surface area (Å²) in [5.74, 6) is -0.628. The highest BCUT2D eigenvalue weighted by atomic mass is 16.5. The van der Waals surface area contributed by atoms with Gasteiger partial charge in [0.05, 0.1) is 19.3 Å². The lowest BCUT2D eigenvalue weighted by Gasteiger charge is -2.16. The molecule has 0 saturated carbocycles. The van der Waals surface area contributed by atoms with E-state index in [4.69, 9.17) is 14.2 Å². The van der Waals surface area contributed by atoms with Crippen LogP contribution in [0.3, 0.4) is 0 Å². The highest BCUT2D eigenvalue weighted by molar-refractivity contribution is 5.96. The second-order valence-electron chi connectivity index (χ2n) is 6.93. The molecule has 0 unspecified atom stereocenters. The van der Waals surface area contributed by atoms with E-state index in [-0.39, 0.29) is 5.56 Å². The maximum atomic E-state index is 12.4.